The summed E-state index contributed by atoms with van der Waals surface area (Å²) in [6, 6.07) is 0. The molecule has 2 N–H and O–H groups in total. The number of rotatable bonds is 2. The zero-order valence-corrected chi connectivity index (χ0v) is 13.3. The first kappa shape index (κ1) is 15.0. The van der Waals surface area contributed by atoms with Gasteiger partial charge >= 0.3 is 5.97 Å². The molecule has 21 heavy (non-hydrogen) atoms. The molecule has 0 aromatic carbocycles. The molecule has 0 spiro atoms. The van der Waals surface area contributed by atoms with Crippen LogP contribution in [0.25, 0.3) is 0 Å². The van der Waals surface area contributed by atoms with E-state index in [1.807, 2.05) is 0 Å². The molecule has 4 nitrogen and oxygen atoms in total. The van der Waals surface area contributed by atoms with Crippen molar-refractivity contribution >= 4 is 5.97 Å². The van der Waals surface area contributed by atoms with Crippen LogP contribution in [-0.2, 0) is 9.53 Å². The summed E-state index contributed by atoms with van der Waals surface area (Å²) in [5.74, 6) is 0.155. The van der Waals surface area contributed by atoms with Crippen molar-refractivity contribution in [2.45, 2.75) is 59.2 Å². The van der Waals surface area contributed by atoms with E-state index in [-0.39, 0.29) is 35.4 Å². The molecule has 0 amide bonds. The van der Waals surface area contributed by atoms with Crippen LogP contribution in [0.4, 0.5) is 0 Å². The molecule has 118 valence electrons. The summed E-state index contributed by atoms with van der Waals surface area (Å²) in [6.45, 7) is 8.14. The average Bonchev–Trinajstić information content (AvgIpc) is 2.71. The number of hydrogen-bond donors (Lipinski definition) is 2. The van der Waals surface area contributed by atoms with Crippen LogP contribution in [0, 0.1) is 22.7 Å². The molecule has 0 heterocycles. The Hall–Kier alpha value is -0.870. The number of aliphatic hydroxyl groups is 2. The second-order valence-electron chi connectivity index (χ2n) is 8.07. The predicted molar refractivity (Wildman–Crippen MR) is 78.4 cm³/mol. The molecule has 3 aliphatic rings. The Balaban J connectivity index is 1.97. The number of aliphatic hydroxyl groups excluding tert-OH is 2. The minimum absolute atomic E-state index is 0.161. The first-order chi connectivity index (χ1) is 9.67. The van der Waals surface area contributed by atoms with Crippen LogP contribution >= 0.6 is 0 Å². The van der Waals surface area contributed by atoms with E-state index in [1.54, 1.807) is 0 Å². The van der Waals surface area contributed by atoms with Gasteiger partial charge in [-0.25, -0.2) is 0 Å². The largest absolute Gasteiger partial charge is 0.461 e. The molecule has 0 saturated heterocycles. The van der Waals surface area contributed by atoms with Gasteiger partial charge in [0.15, 0.2) is 0 Å². The topological polar surface area (TPSA) is 66.8 Å². The fourth-order valence-corrected chi connectivity index (χ4v) is 5.03. The van der Waals surface area contributed by atoms with E-state index in [0.29, 0.717) is 12.3 Å². The summed E-state index contributed by atoms with van der Waals surface area (Å²) in [5, 5.41) is 21.2. The number of carbonyl (C=O) groups is 1. The molecular weight excluding hydrogens is 268 g/mol. The normalized spacial score (nSPS) is 43.9. The lowest BCUT2D eigenvalue weighted by atomic mass is 9.49. The van der Waals surface area contributed by atoms with Gasteiger partial charge in [0.1, 0.15) is 6.61 Å². The smallest absolute Gasteiger partial charge is 0.302 e. The zero-order valence-electron chi connectivity index (χ0n) is 13.3. The van der Waals surface area contributed by atoms with Gasteiger partial charge in [0.05, 0.1) is 12.2 Å². The average molecular weight is 294 g/mol. The van der Waals surface area contributed by atoms with Crippen molar-refractivity contribution in [2.24, 2.45) is 22.7 Å². The van der Waals surface area contributed by atoms with Crippen LogP contribution < -0.4 is 0 Å². The molecule has 3 aliphatic carbocycles. The number of fused-ring (bicyclic) bond motifs is 3. The van der Waals surface area contributed by atoms with Gasteiger partial charge in [-0.1, -0.05) is 26.3 Å². The van der Waals surface area contributed by atoms with E-state index >= 15 is 0 Å². The Morgan fingerprint density at radius 1 is 1.29 bits per heavy atom. The van der Waals surface area contributed by atoms with Crippen molar-refractivity contribution in [3.63, 3.8) is 0 Å². The first-order valence-corrected chi connectivity index (χ1v) is 7.88. The third kappa shape index (κ3) is 2.07. The number of carbonyl (C=O) groups excluding carboxylic acids is 1. The summed E-state index contributed by atoms with van der Waals surface area (Å²) in [6.07, 6.45) is 1.72. The Bertz CT molecular complexity index is 507. The third-order valence-electron chi connectivity index (χ3n) is 6.17. The predicted octanol–water partition coefficient (Wildman–Crippen LogP) is 2.04. The van der Waals surface area contributed by atoms with E-state index in [2.05, 4.69) is 20.8 Å². The Labute approximate surface area is 126 Å². The van der Waals surface area contributed by atoms with Crippen LogP contribution in [0.1, 0.15) is 47.0 Å². The molecule has 2 saturated carbocycles. The molecule has 5 atom stereocenters. The molecular formula is C17H26O4. The third-order valence-corrected chi connectivity index (χ3v) is 6.17. The number of esters is 1. The van der Waals surface area contributed by atoms with Crippen molar-refractivity contribution in [2.75, 3.05) is 6.61 Å². The number of ether oxygens (including phenoxy) is 1. The van der Waals surface area contributed by atoms with Crippen LogP contribution in [0.2, 0.25) is 0 Å². The lowest BCUT2D eigenvalue weighted by Gasteiger charge is -2.57. The van der Waals surface area contributed by atoms with Crippen LogP contribution in [0.15, 0.2) is 11.1 Å². The van der Waals surface area contributed by atoms with Gasteiger partial charge in [-0.2, -0.15) is 0 Å². The molecule has 0 aromatic rings. The maximum Gasteiger partial charge on any atom is 0.302 e. The highest BCUT2D eigenvalue weighted by Gasteiger charge is 2.63. The SMILES string of the molecule is CC(=O)OCC1=C2C[C@@H](O)[C@]2(C)[C@H]2CC(C)(C)C[C@H]2[C@@H]1O. The summed E-state index contributed by atoms with van der Waals surface area (Å²) < 4.78 is 5.15. The Kier molecular flexibility index (Phi) is 3.27. The maximum absolute atomic E-state index is 11.1. The molecule has 0 radical (unpaired) electrons. The molecule has 2 fully saturated rings. The van der Waals surface area contributed by atoms with E-state index < -0.39 is 6.10 Å². The Morgan fingerprint density at radius 3 is 2.52 bits per heavy atom. The second kappa shape index (κ2) is 4.56. The van der Waals surface area contributed by atoms with Crippen molar-refractivity contribution in [3.8, 4) is 0 Å². The summed E-state index contributed by atoms with van der Waals surface area (Å²) in [4.78, 5) is 11.1. The minimum atomic E-state index is -0.535. The van der Waals surface area contributed by atoms with Gasteiger partial charge in [-0.05, 0) is 42.1 Å². The zero-order chi connectivity index (χ0) is 15.6. The van der Waals surface area contributed by atoms with Gasteiger partial charge in [-0.15, -0.1) is 0 Å². The van der Waals surface area contributed by atoms with Crippen molar-refractivity contribution < 1.29 is 19.7 Å². The highest BCUT2D eigenvalue weighted by molar-refractivity contribution is 5.66. The molecule has 3 rings (SSSR count). The maximum atomic E-state index is 11.1. The molecule has 0 bridgehead atoms. The van der Waals surface area contributed by atoms with Crippen LogP contribution in [-0.4, -0.2) is 35.0 Å². The monoisotopic (exact) mass is 294 g/mol. The molecule has 4 heteroatoms. The van der Waals surface area contributed by atoms with E-state index in [9.17, 15) is 15.0 Å². The molecule has 0 aliphatic heterocycles. The first-order valence-electron chi connectivity index (χ1n) is 7.88. The molecule has 0 aromatic heterocycles. The van der Waals surface area contributed by atoms with Crippen molar-refractivity contribution in [1.82, 2.24) is 0 Å². The quantitative estimate of drug-likeness (QED) is 0.604. The van der Waals surface area contributed by atoms with E-state index in [1.165, 1.54) is 6.92 Å². The van der Waals surface area contributed by atoms with Crippen molar-refractivity contribution in [3.05, 3.63) is 11.1 Å². The van der Waals surface area contributed by atoms with Gasteiger partial charge in [0, 0.05) is 12.3 Å². The van der Waals surface area contributed by atoms with Gasteiger partial charge in [0.2, 0.25) is 0 Å². The summed E-state index contributed by atoms with van der Waals surface area (Å²) in [7, 11) is 0. The highest BCUT2D eigenvalue weighted by Crippen LogP contribution is 2.66. The standard InChI is InChI=1S/C17H26O4/c1-9(18)21-8-11-12-5-14(19)17(12,4)13-7-16(2,3)6-10(13)15(11)20/h10,13-15,19-20H,5-8H2,1-4H3/t10-,13+,14-,15+,17+/m1/s1. The number of hydrogen-bond acceptors (Lipinski definition) is 4. The summed E-state index contributed by atoms with van der Waals surface area (Å²) in [5.41, 5.74) is 1.92. The van der Waals surface area contributed by atoms with Gasteiger partial charge < -0.3 is 14.9 Å². The van der Waals surface area contributed by atoms with E-state index in [0.717, 1.165) is 24.0 Å². The minimum Gasteiger partial charge on any atom is -0.461 e. The fourth-order valence-electron chi connectivity index (χ4n) is 5.03. The highest BCUT2D eigenvalue weighted by atomic mass is 16.5. The van der Waals surface area contributed by atoms with E-state index in [4.69, 9.17) is 4.74 Å². The summed E-state index contributed by atoms with van der Waals surface area (Å²) >= 11 is 0. The lowest BCUT2D eigenvalue weighted by molar-refractivity contribution is -0.141. The molecule has 0 unspecified atom stereocenters. The fraction of sp³-hybridized carbons (Fsp3) is 0.824. The Morgan fingerprint density at radius 2 is 1.95 bits per heavy atom. The van der Waals surface area contributed by atoms with Gasteiger partial charge in [0.25, 0.3) is 0 Å². The van der Waals surface area contributed by atoms with Gasteiger partial charge in [-0.3, -0.25) is 4.79 Å². The van der Waals surface area contributed by atoms with Crippen LogP contribution in [0.3, 0.4) is 0 Å². The van der Waals surface area contributed by atoms with Crippen LogP contribution in [0.5, 0.6) is 0 Å². The van der Waals surface area contributed by atoms with Crippen molar-refractivity contribution in [1.29, 1.82) is 0 Å². The lowest BCUT2D eigenvalue weighted by Crippen LogP contribution is -2.57. The second-order valence-corrected chi connectivity index (χ2v) is 8.07.